The van der Waals surface area contributed by atoms with Crippen molar-refractivity contribution in [2.24, 2.45) is 0 Å². The van der Waals surface area contributed by atoms with Gasteiger partial charge in [-0.05, 0) is 42.2 Å². The lowest BCUT2D eigenvalue weighted by Crippen LogP contribution is -2.15. The molecule has 1 heterocycles. The number of phenolic OH excluding ortho intramolecular Hbond substituents is 1. The van der Waals surface area contributed by atoms with Crippen molar-refractivity contribution >= 4 is 11.9 Å². The summed E-state index contributed by atoms with van der Waals surface area (Å²) in [6, 6.07) is 14.1. The molecule has 0 aliphatic heterocycles. The number of benzene rings is 2. The van der Waals surface area contributed by atoms with Gasteiger partial charge in [0.15, 0.2) is 5.69 Å². The molecule has 0 radical (unpaired) electrons. The van der Waals surface area contributed by atoms with Crippen LogP contribution in [0.5, 0.6) is 5.75 Å². The second-order valence-corrected chi connectivity index (χ2v) is 6.89. The third kappa shape index (κ3) is 3.78. The molecule has 0 saturated carbocycles. The minimum Gasteiger partial charge on any atom is -0.507 e. The Labute approximate surface area is 174 Å². The fraction of sp³-hybridized carbons (Fsp3) is 0.261. The molecule has 0 aliphatic carbocycles. The molecule has 0 bridgehead atoms. The molecule has 1 atom stereocenters. The minimum absolute atomic E-state index is 0.0543. The van der Waals surface area contributed by atoms with Crippen LogP contribution in [-0.4, -0.2) is 41.0 Å². The van der Waals surface area contributed by atoms with Crippen molar-refractivity contribution in [3.63, 3.8) is 0 Å². The molecule has 2 aromatic carbocycles. The highest BCUT2D eigenvalue weighted by atomic mass is 16.5. The Morgan fingerprint density at radius 3 is 2.33 bits per heavy atom. The standard InChI is InChI=1S/C23H24N2O5/c1-5-14(2)15-11-12-18(26)17(13-15)20-19(22(27)29-3)21(23(28)30-4)25(24-20)16-9-7-6-8-10-16/h6-14,26H,5H2,1-4H3. The van der Waals surface area contributed by atoms with E-state index in [2.05, 4.69) is 18.9 Å². The zero-order valence-electron chi connectivity index (χ0n) is 17.4. The number of rotatable bonds is 6. The number of hydrogen-bond donors (Lipinski definition) is 1. The summed E-state index contributed by atoms with van der Waals surface area (Å²) in [4.78, 5) is 25.4. The van der Waals surface area contributed by atoms with Crippen LogP contribution in [-0.2, 0) is 9.47 Å². The number of aromatic hydroxyl groups is 1. The maximum atomic E-state index is 12.7. The first-order chi connectivity index (χ1) is 14.4. The van der Waals surface area contributed by atoms with Crippen LogP contribution in [0, 0.1) is 0 Å². The molecular formula is C23H24N2O5. The average molecular weight is 408 g/mol. The molecule has 156 valence electrons. The summed E-state index contributed by atoms with van der Waals surface area (Å²) in [6.45, 7) is 4.14. The van der Waals surface area contributed by atoms with E-state index in [4.69, 9.17) is 9.47 Å². The van der Waals surface area contributed by atoms with Gasteiger partial charge in [0.1, 0.15) is 17.0 Å². The lowest BCUT2D eigenvalue weighted by molar-refractivity contribution is 0.0549. The van der Waals surface area contributed by atoms with Gasteiger partial charge in [-0.15, -0.1) is 0 Å². The lowest BCUT2D eigenvalue weighted by Gasteiger charge is -2.12. The average Bonchev–Trinajstić information content (AvgIpc) is 3.18. The fourth-order valence-corrected chi connectivity index (χ4v) is 3.23. The van der Waals surface area contributed by atoms with E-state index in [9.17, 15) is 14.7 Å². The molecule has 3 rings (SSSR count). The minimum atomic E-state index is -0.749. The van der Waals surface area contributed by atoms with Crippen LogP contribution in [0.15, 0.2) is 48.5 Å². The zero-order chi connectivity index (χ0) is 21.8. The molecule has 0 saturated heterocycles. The van der Waals surface area contributed by atoms with Crippen LogP contribution in [0.1, 0.15) is 52.6 Å². The number of hydrogen-bond acceptors (Lipinski definition) is 6. The largest absolute Gasteiger partial charge is 0.507 e. The van der Waals surface area contributed by atoms with Gasteiger partial charge < -0.3 is 14.6 Å². The normalized spacial score (nSPS) is 11.7. The number of ether oxygens (including phenoxy) is 2. The van der Waals surface area contributed by atoms with Gasteiger partial charge in [0, 0.05) is 5.56 Å². The Balaban J connectivity index is 2.37. The smallest absolute Gasteiger partial charge is 0.357 e. The Morgan fingerprint density at radius 1 is 1.07 bits per heavy atom. The quantitative estimate of drug-likeness (QED) is 0.611. The van der Waals surface area contributed by atoms with E-state index in [1.807, 2.05) is 12.1 Å². The van der Waals surface area contributed by atoms with Crippen molar-refractivity contribution in [1.29, 1.82) is 0 Å². The molecule has 0 aliphatic rings. The second kappa shape index (κ2) is 8.82. The topological polar surface area (TPSA) is 90.7 Å². The van der Waals surface area contributed by atoms with Crippen molar-refractivity contribution in [3.8, 4) is 22.7 Å². The zero-order valence-corrected chi connectivity index (χ0v) is 17.4. The molecule has 7 nitrogen and oxygen atoms in total. The van der Waals surface area contributed by atoms with Crippen LogP contribution in [0.2, 0.25) is 0 Å². The summed E-state index contributed by atoms with van der Waals surface area (Å²) in [5, 5.41) is 15.1. The van der Waals surface area contributed by atoms with Crippen LogP contribution in [0.4, 0.5) is 0 Å². The maximum Gasteiger partial charge on any atom is 0.357 e. The highest BCUT2D eigenvalue weighted by Gasteiger charge is 2.32. The summed E-state index contributed by atoms with van der Waals surface area (Å²) < 4.78 is 11.2. The Kier molecular flexibility index (Phi) is 6.20. The maximum absolute atomic E-state index is 12.7. The third-order valence-electron chi connectivity index (χ3n) is 5.11. The number of aromatic nitrogens is 2. The third-order valence-corrected chi connectivity index (χ3v) is 5.11. The molecule has 3 aromatic rings. The van der Waals surface area contributed by atoms with Gasteiger partial charge in [-0.3, -0.25) is 0 Å². The van der Waals surface area contributed by atoms with E-state index in [-0.39, 0.29) is 28.6 Å². The number of methoxy groups -OCH3 is 2. The molecule has 1 aromatic heterocycles. The van der Waals surface area contributed by atoms with Crippen molar-refractivity contribution in [2.75, 3.05) is 14.2 Å². The van der Waals surface area contributed by atoms with E-state index < -0.39 is 11.9 Å². The summed E-state index contributed by atoms with van der Waals surface area (Å²) in [5.74, 6) is -1.31. The number of carbonyl (C=O) groups is 2. The Bertz CT molecular complexity index is 1070. The molecule has 0 amide bonds. The predicted octanol–water partition coefficient (Wildman–Crippen LogP) is 4.33. The van der Waals surface area contributed by atoms with Crippen molar-refractivity contribution in [2.45, 2.75) is 26.2 Å². The van der Waals surface area contributed by atoms with Crippen molar-refractivity contribution in [1.82, 2.24) is 9.78 Å². The van der Waals surface area contributed by atoms with Gasteiger partial charge in [-0.1, -0.05) is 38.1 Å². The monoisotopic (exact) mass is 408 g/mol. The number of phenols is 1. The van der Waals surface area contributed by atoms with Gasteiger partial charge in [0.25, 0.3) is 0 Å². The molecular weight excluding hydrogens is 384 g/mol. The predicted molar refractivity (Wildman–Crippen MR) is 112 cm³/mol. The summed E-state index contributed by atoms with van der Waals surface area (Å²) in [7, 11) is 2.45. The molecule has 30 heavy (non-hydrogen) atoms. The van der Waals surface area contributed by atoms with E-state index in [0.29, 0.717) is 11.3 Å². The molecule has 0 spiro atoms. The second-order valence-electron chi connectivity index (χ2n) is 6.89. The van der Waals surface area contributed by atoms with Crippen LogP contribution < -0.4 is 0 Å². The molecule has 0 fully saturated rings. The van der Waals surface area contributed by atoms with Crippen LogP contribution >= 0.6 is 0 Å². The highest BCUT2D eigenvalue weighted by Crippen LogP contribution is 2.36. The van der Waals surface area contributed by atoms with Crippen molar-refractivity contribution < 1.29 is 24.2 Å². The van der Waals surface area contributed by atoms with Crippen LogP contribution in [0.25, 0.3) is 16.9 Å². The van der Waals surface area contributed by atoms with Crippen molar-refractivity contribution in [3.05, 3.63) is 65.4 Å². The number of para-hydroxylation sites is 1. The first-order valence-corrected chi connectivity index (χ1v) is 9.61. The van der Waals surface area contributed by atoms with Gasteiger partial charge >= 0.3 is 11.9 Å². The van der Waals surface area contributed by atoms with E-state index in [1.54, 1.807) is 36.4 Å². The molecule has 1 N–H and O–H groups in total. The summed E-state index contributed by atoms with van der Waals surface area (Å²) in [5.41, 5.74) is 1.90. The summed E-state index contributed by atoms with van der Waals surface area (Å²) >= 11 is 0. The molecule has 7 heteroatoms. The van der Waals surface area contributed by atoms with E-state index in [0.717, 1.165) is 12.0 Å². The number of nitrogens with zero attached hydrogens (tertiary/aromatic N) is 2. The van der Waals surface area contributed by atoms with Gasteiger partial charge in [-0.2, -0.15) is 5.10 Å². The Morgan fingerprint density at radius 2 is 1.73 bits per heavy atom. The van der Waals surface area contributed by atoms with Gasteiger partial charge in [-0.25, -0.2) is 14.3 Å². The summed E-state index contributed by atoms with van der Waals surface area (Å²) in [6.07, 6.45) is 0.903. The number of carbonyl (C=O) groups excluding carboxylic acids is 2. The number of esters is 2. The van der Waals surface area contributed by atoms with E-state index in [1.165, 1.54) is 18.9 Å². The SMILES string of the molecule is CCC(C)c1ccc(O)c(-c2nn(-c3ccccc3)c(C(=O)OC)c2C(=O)OC)c1. The van der Waals surface area contributed by atoms with Crippen LogP contribution in [0.3, 0.4) is 0 Å². The fourth-order valence-electron chi connectivity index (χ4n) is 3.23. The van der Waals surface area contributed by atoms with Gasteiger partial charge in [0.2, 0.25) is 0 Å². The molecule has 1 unspecified atom stereocenters. The van der Waals surface area contributed by atoms with E-state index >= 15 is 0 Å². The Hall–Kier alpha value is -3.61. The first kappa shape index (κ1) is 21.1. The first-order valence-electron chi connectivity index (χ1n) is 9.61. The van der Waals surface area contributed by atoms with Gasteiger partial charge in [0.05, 0.1) is 19.9 Å². The lowest BCUT2D eigenvalue weighted by atomic mass is 9.94. The highest BCUT2D eigenvalue weighted by molar-refractivity contribution is 6.07.